The van der Waals surface area contributed by atoms with Gasteiger partial charge in [-0.25, -0.2) is 0 Å². The summed E-state index contributed by atoms with van der Waals surface area (Å²) in [5, 5.41) is 0. The predicted molar refractivity (Wildman–Crippen MR) is 87.7 cm³/mol. The number of Topliss-reactive ketones (excluding diaryl/α,β-unsaturated/α-hetero) is 2. The van der Waals surface area contributed by atoms with Crippen molar-refractivity contribution < 1.29 is 9.59 Å². The van der Waals surface area contributed by atoms with Crippen LogP contribution in [-0.2, 0) is 7.05 Å². The smallest absolute Gasteiger partial charge is 0.255 e. The van der Waals surface area contributed by atoms with Crippen LogP contribution >= 0.6 is 34.8 Å². The van der Waals surface area contributed by atoms with Gasteiger partial charge < -0.3 is 4.57 Å². The molecule has 0 aromatic carbocycles. The molecule has 118 valence electrons. The third-order valence-electron chi connectivity index (χ3n) is 3.55. The molecular formula is C15H20Cl3NO2. The number of ketones is 2. The van der Waals surface area contributed by atoms with Crippen LogP contribution in [0.5, 0.6) is 0 Å². The lowest BCUT2D eigenvalue weighted by Crippen LogP contribution is -2.21. The average Bonchev–Trinajstić information content (AvgIpc) is 2.79. The molecule has 1 aromatic heterocycles. The van der Waals surface area contributed by atoms with Crippen molar-refractivity contribution in [3.05, 3.63) is 23.5 Å². The lowest BCUT2D eigenvalue weighted by molar-refractivity contribution is 0.0908. The molecule has 0 spiro atoms. The molecular weight excluding hydrogens is 333 g/mol. The fourth-order valence-corrected chi connectivity index (χ4v) is 2.57. The number of hydrogen-bond donors (Lipinski definition) is 0. The molecule has 1 heterocycles. The first-order valence-corrected chi connectivity index (χ1v) is 8.17. The molecule has 3 nitrogen and oxygen atoms in total. The average molecular weight is 353 g/mol. The lowest BCUT2D eigenvalue weighted by Gasteiger charge is -2.11. The number of carbonyl (C=O) groups is 2. The highest BCUT2D eigenvalue weighted by Gasteiger charge is 2.34. The Labute approximate surface area is 140 Å². The first kappa shape index (κ1) is 18.5. The number of aromatic nitrogens is 1. The molecule has 6 heteroatoms. The van der Waals surface area contributed by atoms with Crippen LogP contribution in [0, 0.1) is 5.92 Å². The van der Waals surface area contributed by atoms with E-state index in [2.05, 4.69) is 6.92 Å². The standard InChI is InChI=1S/C15H20Cl3NO2/c1-4-6-7-10(5-2)13(20)11-8-12(19(3)9-11)14(21)15(16,17)18/h8-10H,4-7H2,1-3H3. The predicted octanol–water partition coefficient (Wildman–Crippen LogP) is 4.98. The number of alkyl halides is 3. The van der Waals surface area contributed by atoms with Gasteiger partial charge in [0.05, 0.1) is 5.69 Å². The molecule has 1 unspecified atom stereocenters. The summed E-state index contributed by atoms with van der Waals surface area (Å²) in [5.74, 6) is -0.608. The van der Waals surface area contributed by atoms with Crippen LogP contribution in [-0.4, -0.2) is 19.9 Å². The molecule has 0 saturated carbocycles. The van der Waals surface area contributed by atoms with Crippen LogP contribution < -0.4 is 0 Å². The van der Waals surface area contributed by atoms with Gasteiger partial charge in [0, 0.05) is 24.7 Å². The van der Waals surface area contributed by atoms with E-state index in [-0.39, 0.29) is 17.4 Å². The zero-order chi connectivity index (χ0) is 16.2. The van der Waals surface area contributed by atoms with Crippen molar-refractivity contribution >= 4 is 46.4 Å². The van der Waals surface area contributed by atoms with Crippen molar-refractivity contribution in [2.75, 3.05) is 0 Å². The van der Waals surface area contributed by atoms with Gasteiger partial charge in [-0.2, -0.15) is 0 Å². The van der Waals surface area contributed by atoms with Gasteiger partial charge in [-0.05, 0) is 18.9 Å². The van der Waals surface area contributed by atoms with E-state index in [0.29, 0.717) is 5.56 Å². The fraction of sp³-hybridized carbons (Fsp3) is 0.600. The topological polar surface area (TPSA) is 39.1 Å². The number of carbonyl (C=O) groups excluding carboxylic acids is 2. The Hall–Kier alpha value is -0.510. The Morgan fingerprint density at radius 3 is 2.38 bits per heavy atom. The molecule has 0 aliphatic heterocycles. The van der Waals surface area contributed by atoms with E-state index in [0.717, 1.165) is 25.7 Å². The SMILES string of the molecule is CCCCC(CC)C(=O)c1cc(C(=O)C(Cl)(Cl)Cl)n(C)c1. The largest absolute Gasteiger partial charge is 0.347 e. The maximum atomic E-state index is 12.5. The van der Waals surface area contributed by atoms with E-state index in [4.69, 9.17) is 34.8 Å². The van der Waals surface area contributed by atoms with Crippen molar-refractivity contribution in [2.24, 2.45) is 13.0 Å². The summed E-state index contributed by atoms with van der Waals surface area (Å²) in [6.07, 6.45) is 5.32. The minimum absolute atomic E-state index is 0.0249. The van der Waals surface area contributed by atoms with Crippen LogP contribution in [0.1, 0.15) is 60.4 Å². The van der Waals surface area contributed by atoms with Gasteiger partial charge in [-0.3, -0.25) is 9.59 Å². The molecule has 0 saturated heterocycles. The number of rotatable bonds is 7. The fourth-order valence-electron chi connectivity index (χ4n) is 2.28. The molecule has 1 rings (SSSR count). The summed E-state index contributed by atoms with van der Waals surface area (Å²) in [6, 6.07) is 1.52. The molecule has 1 atom stereocenters. The van der Waals surface area contributed by atoms with Gasteiger partial charge in [-0.15, -0.1) is 0 Å². The number of aryl methyl sites for hydroxylation is 1. The van der Waals surface area contributed by atoms with E-state index in [9.17, 15) is 9.59 Å². The third-order valence-corrected chi connectivity index (χ3v) is 4.06. The normalized spacial score (nSPS) is 13.2. The first-order valence-electron chi connectivity index (χ1n) is 7.04. The molecule has 1 aromatic rings. The quantitative estimate of drug-likeness (QED) is 0.513. The minimum Gasteiger partial charge on any atom is -0.347 e. The Balaban J connectivity index is 3.00. The first-order chi connectivity index (χ1) is 9.72. The molecule has 0 aliphatic carbocycles. The zero-order valence-electron chi connectivity index (χ0n) is 12.5. The number of halogens is 3. The van der Waals surface area contributed by atoms with Crippen molar-refractivity contribution in [3.63, 3.8) is 0 Å². The van der Waals surface area contributed by atoms with E-state index >= 15 is 0 Å². The van der Waals surface area contributed by atoms with E-state index in [1.54, 1.807) is 13.2 Å². The lowest BCUT2D eigenvalue weighted by atomic mass is 9.91. The summed E-state index contributed by atoms with van der Waals surface area (Å²) in [6.45, 7) is 4.09. The van der Waals surface area contributed by atoms with Gasteiger partial charge in [0.1, 0.15) is 0 Å². The monoisotopic (exact) mass is 351 g/mol. The van der Waals surface area contributed by atoms with E-state index in [1.807, 2.05) is 6.92 Å². The molecule has 0 aliphatic rings. The van der Waals surface area contributed by atoms with Gasteiger partial charge in [0.25, 0.3) is 3.79 Å². The van der Waals surface area contributed by atoms with Gasteiger partial charge >= 0.3 is 0 Å². The summed E-state index contributed by atoms with van der Waals surface area (Å²) in [4.78, 5) is 24.5. The molecule has 0 radical (unpaired) electrons. The van der Waals surface area contributed by atoms with Gasteiger partial charge in [-0.1, -0.05) is 61.5 Å². The molecule has 0 N–H and O–H groups in total. The Bertz CT molecular complexity index is 517. The van der Waals surface area contributed by atoms with Crippen molar-refractivity contribution in [1.82, 2.24) is 4.57 Å². The molecule has 0 amide bonds. The second-order valence-corrected chi connectivity index (χ2v) is 7.44. The van der Waals surface area contributed by atoms with Crippen molar-refractivity contribution in [3.8, 4) is 0 Å². The Morgan fingerprint density at radius 1 is 1.29 bits per heavy atom. The summed E-state index contributed by atoms with van der Waals surface area (Å²) in [7, 11) is 1.66. The van der Waals surface area contributed by atoms with Crippen LogP contribution in [0.2, 0.25) is 0 Å². The number of hydrogen-bond acceptors (Lipinski definition) is 2. The highest BCUT2D eigenvalue weighted by atomic mass is 35.6. The molecule has 21 heavy (non-hydrogen) atoms. The summed E-state index contributed by atoms with van der Waals surface area (Å²) >= 11 is 16.9. The van der Waals surface area contributed by atoms with Crippen LogP contribution in [0.3, 0.4) is 0 Å². The summed E-state index contributed by atoms with van der Waals surface area (Å²) in [5.41, 5.74) is 0.724. The second kappa shape index (κ2) is 7.66. The Kier molecular flexibility index (Phi) is 6.76. The highest BCUT2D eigenvalue weighted by molar-refractivity contribution is 6.77. The third kappa shape index (κ3) is 4.73. The molecule has 0 fully saturated rings. The second-order valence-electron chi connectivity index (χ2n) is 5.16. The number of nitrogens with zero attached hydrogens (tertiary/aromatic N) is 1. The Morgan fingerprint density at radius 2 is 1.90 bits per heavy atom. The minimum atomic E-state index is -2.02. The van der Waals surface area contributed by atoms with E-state index < -0.39 is 9.58 Å². The highest BCUT2D eigenvalue weighted by Crippen LogP contribution is 2.31. The van der Waals surface area contributed by atoms with Crippen molar-refractivity contribution in [1.29, 1.82) is 0 Å². The number of unbranched alkanes of at least 4 members (excludes halogenated alkanes) is 1. The molecule has 0 bridgehead atoms. The maximum absolute atomic E-state index is 12.5. The van der Waals surface area contributed by atoms with Gasteiger partial charge in [0.2, 0.25) is 5.78 Å². The van der Waals surface area contributed by atoms with Crippen molar-refractivity contribution in [2.45, 2.75) is 43.3 Å². The summed E-state index contributed by atoms with van der Waals surface area (Å²) < 4.78 is -0.483. The maximum Gasteiger partial charge on any atom is 0.255 e. The zero-order valence-corrected chi connectivity index (χ0v) is 14.7. The van der Waals surface area contributed by atoms with E-state index in [1.165, 1.54) is 10.6 Å². The van der Waals surface area contributed by atoms with Gasteiger partial charge in [0.15, 0.2) is 5.78 Å². The van der Waals surface area contributed by atoms with Crippen LogP contribution in [0.25, 0.3) is 0 Å². The van der Waals surface area contributed by atoms with Crippen LogP contribution in [0.4, 0.5) is 0 Å². The van der Waals surface area contributed by atoms with Crippen LogP contribution in [0.15, 0.2) is 12.3 Å².